The predicted octanol–water partition coefficient (Wildman–Crippen LogP) is 4.88. The monoisotopic (exact) mass is 535 g/mol. The van der Waals surface area contributed by atoms with Gasteiger partial charge >= 0.3 is 6.01 Å². The molecular weight excluding hydrogens is 504 g/mol. The highest BCUT2D eigenvalue weighted by Crippen LogP contribution is 2.32. The van der Waals surface area contributed by atoms with Crippen molar-refractivity contribution in [1.29, 1.82) is 0 Å². The molecular formula is C28H31F2N7O2. The molecule has 5 heterocycles. The van der Waals surface area contributed by atoms with Crippen LogP contribution in [0.1, 0.15) is 78.9 Å². The maximum absolute atomic E-state index is 15.3. The molecule has 2 aliphatic rings. The highest BCUT2D eigenvalue weighted by molar-refractivity contribution is 5.94. The van der Waals surface area contributed by atoms with Crippen LogP contribution in [0, 0.1) is 11.6 Å². The third kappa shape index (κ3) is 4.86. The molecule has 3 aromatic heterocycles. The lowest BCUT2D eigenvalue weighted by Gasteiger charge is -2.31. The maximum atomic E-state index is 15.3. The number of amides is 1. The number of carbonyl (C=O) groups is 1. The van der Waals surface area contributed by atoms with E-state index in [-0.39, 0.29) is 24.3 Å². The van der Waals surface area contributed by atoms with Gasteiger partial charge in [0.15, 0.2) is 11.6 Å². The second-order valence-electron chi connectivity index (χ2n) is 10.7. The van der Waals surface area contributed by atoms with Crippen molar-refractivity contribution in [3.8, 4) is 0 Å². The summed E-state index contributed by atoms with van der Waals surface area (Å²) < 4.78 is 37.7. The van der Waals surface area contributed by atoms with Gasteiger partial charge in [-0.15, -0.1) is 0 Å². The van der Waals surface area contributed by atoms with Crippen molar-refractivity contribution in [2.45, 2.75) is 57.9 Å². The number of hydrogen-bond acceptors (Lipinski definition) is 7. The molecule has 0 aliphatic carbocycles. The van der Waals surface area contributed by atoms with Crippen LogP contribution in [0.3, 0.4) is 0 Å². The van der Waals surface area contributed by atoms with Crippen LogP contribution in [-0.4, -0.2) is 61.7 Å². The first-order valence-corrected chi connectivity index (χ1v) is 13.5. The zero-order valence-corrected chi connectivity index (χ0v) is 22.1. The quantitative estimate of drug-likeness (QED) is 0.347. The van der Waals surface area contributed by atoms with Crippen molar-refractivity contribution in [2.75, 3.05) is 31.1 Å². The van der Waals surface area contributed by atoms with E-state index in [2.05, 4.69) is 25.0 Å². The number of hydrogen-bond donors (Lipinski definition) is 0. The molecule has 0 spiro atoms. The van der Waals surface area contributed by atoms with Crippen molar-refractivity contribution < 1.29 is 18.1 Å². The number of benzene rings is 1. The average molecular weight is 536 g/mol. The molecule has 2 fully saturated rings. The van der Waals surface area contributed by atoms with Crippen molar-refractivity contribution in [3.63, 3.8) is 0 Å². The number of rotatable bonds is 6. The first kappa shape index (κ1) is 25.4. The molecule has 9 nitrogen and oxygen atoms in total. The van der Waals surface area contributed by atoms with Crippen molar-refractivity contribution in [2.24, 2.45) is 0 Å². The minimum atomic E-state index is -0.499. The number of carbonyl (C=O) groups excluding carboxylic acids is 1. The molecule has 11 heteroatoms. The van der Waals surface area contributed by atoms with Gasteiger partial charge in [-0.3, -0.25) is 4.79 Å². The molecule has 0 radical (unpaired) electrons. The van der Waals surface area contributed by atoms with E-state index < -0.39 is 11.6 Å². The largest absolute Gasteiger partial charge is 0.339 e. The molecule has 1 aromatic carbocycles. The lowest BCUT2D eigenvalue weighted by Crippen LogP contribution is -2.34. The number of halogens is 2. The van der Waals surface area contributed by atoms with Gasteiger partial charge in [-0.2, -0.15) is 4.98 Å². The molecule has 4 aromatic rings. The molecule has 2 aliphatic heterocycles. The molecule has 0 saturated carbocycles. The summed E-state index contributed by atoms with van der Waals surface area (Å²) in [4.78, 5) is 29.6. The van der Waals surface area contributed by atoms with Crippen LogP contribution >= 0.6 is 0 Å². The van der Waals surface area contributed by atoms with Crippen molar-refractivity contribution in [3.05, 3.63) is 65.0 Å². The SMILES string of the molecule is CC(C)c1noc(N2CCC(n3cc(F)c4c(Cc5ccc(C(=O)N6CCCC6)cc5F)ncnc43)CC2)n1. The Morgan fingerprint density at radius 3 is 2.54 bits per heavy atom. The molecule has 0 atom stereocenters. The fourth-order valence-electron chi connectivity index (χ4n) is 5.54. The Bertz CT molecular complexity index is 1500. The summed E-state index contributed by atoms with van der Waals surface area (Å²) in [7, 11) is 0. The average Bonchev–Trinajstić information content (AvgIpc) is 3.71. The maximum Gasteiger partial charge on any atom is 0.324 e. The second-order valence-corrected chi connectivity index (χ2v) is 10.7. The number of piperidine rings is 1. The summed E-state index contributed by atoms with van der Waals surface area (Å²) in [5, 5.41) is 4.35. The van der Waals surface area contributed by atoms with Gasteiger partial charge in [-0.1, -0.05) is 25.1 Å². The van der Waals surface area contributed by atoms with Crippen LogP contribution in [0.25, 0.3) is 11.0 Å². The van der Waals surface area contributed by atoms with Gasteiger partial charge in [0.25, 0.3) is 5.91 Å². The molecule has 204 valence electrons. The normalized spacial score (nSPS) is 16.6. The van der Waals surface area contributed by atoms with E-state index in [0.29, 0.717) is 65.9 Å². The van der Waals surface area contributed by atoms with Crippen LogP contribution in [-0.2, 0) is 6.42 Å². The van der Waals surface area contributed by atoms with E-state index in [1.807, 2.05) is 18.4 Å². The van der Waals surface area contributed by atoms with Crippen LogP contribution in [0.4, 0.5) is 14.8 Å². The highest BCUT2D eigenvalue weighted by atomic mass is 19.1. The van der Waals surface area contributed by atoms with Gasteiger partial charge in [-0.25, -0.2) is 18.7 Å². The van der Waals surface area contributed by atoms with E-state index in [4.69, 9.17) is 4.52 Å². The standard InChI is InChI=1S/C28H31F2N7O2/c1-17(2)25-33-28(39-34-25)36-11-7-20(8-12-36)37-15-22(30)24-23(31-16-32-26(24)37)14-18-5-6-19(13-21(18)29)27(38)35-9-3-4-10-35/h5-6,13,15-17,20H,3-4,7-12,14H2,1-2H3. The third-order valence-corrected chi connectivity index (χ3v) is 7.77. The Morgan fingerprint density at radius 2 is 1.85 bits per heavy atom. The predicted molar refractivity (Wildman–Crippen MR) is 141 cm³/mol. The fourth-order valence-corrected chi connectivity index (χ4v) is 5.54. The Morgan fingerprint density at radius 1 is 1.08 bits per heavy atom. The van der Waals surface area contributed by atoms with E-state index in [9.17, 15) is 4.79 Å². The van der Waals surface area contributed by atoms with Crippen LogP contribution in [0.15, 0.2) is 35.2 Å². The van der Waals surface area contributed by atoms with Gasteiger partial charge in [0.1, 0.15) is 17.8 Å². The minimum absolute atomic E-state index is 0.0381. The van der Waals surface area contributed by atoms with Gasteiger partial charge in [-0.05, 0) is 43.4 Å². The van der Waals surface area contributed by atoms with E-state index in [1.165, 1.54) is 18.6 Å². The Labute approximate surface area is 224 Å². The molecule has 0 bridgehead atoms. The highest BCUT2D eigenvalue weighted by Gasteiger charge is 2.28. The first-order chi connectivity index (χ1) is 18.9. The van der Waals surface area contributed by atoms with Gasteiger partial charge < -0.3 is 18.9 Å². The van der Waals surface area contributed by atoms with Crippen molar-refractivity contribution in [1.82, 2.24) is 29.6 Å². The lowest BCUT2D eigenvalue weighted by molar-refractivity contribution is 0.0792. The first-order valence-electron chi connectivity index (χ1n) is 13.5. The lowest BCUT2D eigenvalue weighted by atomic mass is 10.0. The molecule has 2 saturated heterocycles. The number of fused-ring (bicyclic) bond motifs is 1. The molecule has 6 rings (SSSR count). The zero-order valence-electron chi connectivity index (χ0n) is 22.1. The van der Waals surface area contributed by atoms with Gasteiger partial charge in [0.2, 0.25) is 0 Å². The summed E-state index contributed by atoms with van der Waals surface area (Å²) in [6.45, 7) is 6.82. The summed E-state index contributed by atoms with van der Waals surface area (Å²) >= 11 is 0. The van der Waals surface area contributed by atoms with E-state index in [0.717, 1.165) is 25.7 Å². The fraction of sp³-hybridized carbons (Fsp3) is 0.464. The summed E-state index contributed by atoms with van der Waals surface area (Å²) in [6.07, 6.45) is 6.42. The van der Waals surface area contributed by atoms with Crippen LogP contribution in [0.2, 0.25) is 0 Å². The van der Waals surface area contributed by atoms with E-state index in [1.54, 1.807) is 17.0 Å². The number of anilines is 1. The van der Waals surface area contributed by atoms with Crippen LogP contribution in [0.5, 0.6) is 0 Å². The second kappa shape index (κ2) is 10.3. The van der Waals surface area contributed by atoms with Gasteiger partial charge in [0, 0.05) is 56.3 Å². The molecule has 0 N–H and O–H groups in total. The molecule has 39 heavy (non-hydrogen) atoms. The Kier molecular flexibility index (Phi) is 6.74. The summed E-state index contributed by atoms with van der Waals surface area (Å²) in [5.41, 5.74) is 1.60. The van der Waals surface area contributed by atoms with E-state index >= 15 is 8.78 Å². The number of likely N-dealkylation sites (tertiary alicyclic amines) is 1. The number of nitrogens with zero attached hydrogens (tertiary/aromatic N) is 7. The summed E-state index contributed by atoms with van der Waals surface area (Å²) in [5.74, 6) is -0.217. The van der Waals surface area contributed by atoms with Gasteiger partial charge in [0.05, 0.1) is 11.1 Å². The van der Waals surface area contributed by atoms with Crippen molar-refractivity contribution >= 4 is 23.0 Å². The molecule has 0 unspecified atom stereocenters. The smallest absolute Gasteiger partial charge is 0.324 e. The Hall–Kier alpha value is -3.89. The Balaban J connectivity index is 1.20. The third-order valence-electron chi connectivity index (χ3n) is 7.77. The minimum Gasteiger partial charge on any atom is -0.339 e. The summed E-state index contributed by atoms with van der Waals surface area (Å²) in [6, 6.07) is 5.06. The van der Waals surface area contributed by atoms with Crippen LogP contribution < -0.4 is 4.90 Å². The molecule has 1 amide bonds. The number of aromatic nitrogens is 5. The topological polar surface area (TPSA) is 93.2 Å². The zero-order chi connectivity index (χ0) is 27.1.